The summed E-state index contributed by atoms with van der Waals surface area (Å²) in [6, 6.07) is 0. The van der Waals surface area contributed by atoms with Gasteiger partial charge in [0, 0.05) is 13.0 Å². The summed E-state index contributed by atoms with van der Waals surface area (Å²) in [5.74, 6) is -0.605. The van der Waals surface area contributed by atoms with Crippen LogP contribution < -0.4 is 5.32 Å². The van der Waals surface area contributed by atoms with Crippen molar-refractivity contribution in [2.45, 2.75) is 52.9 Å². The molecule has 0 aromatic carbocycles. The van der Waals surface area contributed by atoms with Crippen molar-refractivity contribution in [2.24, 2.45) is 16.7 Å². The number of carboxylic acids is 1. The minimum Gasteiger partial charge on any atom is -0.481 e. The third kappa shape index (κ3) is 4.41. The smallest absolute Gasteiger partial charge is 0.310 e. The number of nitrogens with one attached hydrogen (secondary N) is 1. The second-order valence-electron chi connectivity index (χ2n) is 6.77. The van der Waals surface area contributed by atoms with Gasteiger partial charge < -0.3 is 10.4 Å². The predicted molar refractivity (Wildman–Crippen MR) is 70.4 cm³/mol. The molecule has 0 spiro atoms. The van der Waals surface area contributed by atoms with Crippen molar-refractivity contribution in [3.63, 3.8) is 0 Å². The van der Waals surface area contributed by atoms with Crippen LogP contribution in [0.2, 0.25) is 0 Å². The molecule has 0 amide bonds. The number of aliphatic carboxylic acids is 1. The van der Waals surface area contributed by atoms with Crippen molar-refractivity contribution in [1.82, 2.24) is 5.32 Å². The van der Waals surface area contributed by atoms with E-state index in [2.05, 4.69) is 26.1 Å². The van der Waals surface area contributed by atoms with Crippen molar-refractivity contribution < 1.29 is 18.7 Å². The molecule has 5 heteroatoms. The second kappa shape index (κ2) is 6.16. The van der Waals surface area contributed by atoms with Crippen molar-refractivity contribution in [3.8, 4) is 0 Å². The molecule has 1 heterocycles. The van der Waals surface area contributed by atoms with Gasteiger partial charge in [-0.1, -0.05) is 20.8 Å². The van der Waals surface area contributed by atoms with E-state index < -0.39 is 17.8 Å². The van der Waals surface area contributed by atoms with Gasteiger partial charge in [-0.2, -0.15) is 0 Å². The molecule has 0 aliphatic carbocycles. The summed E-state index contributed by atoms with van der Waals surface area (Å²) < 4.78 is 24.4. The first-order chi connectivity index (χ1) is 8.67. The van der Waals surface area contributed by atoms with Crippen molar-refractivity contribution in [3.05, 3.63) is 0 Å². The lowest BCUT2D eigenvalue weighted by molar-refractivity contribution is -0.152. The zero-order valence-electron chi connectivity index (χ0n) is 12.0. The van der Waals surface area contributed by atoms with Gasteiger partial charge in [0.1, 0.15) is 0 Å². The number of hydrogen-bond donors (Lipinski definition) is 2. The van der Waals surface area contributed by atoms with Crippen LogP contribution in [-0.4, -0.2) is 30.6 Å². The van der Waals surface area contributed by atoms with Crippen LogP contribution in [0.15, 0.2) is 0 Å². The molecule has 0 bridgehead atoms. The lowest BCUT2D eigenvalue weighted by Crippen LogP contribution is -2.51. The number of carbonyl (C=O) groups is 1. The molecular formula is C14H25F2NO2. The monoisotopic (exact) mass is 277 g/mol. The molecule has 0 unspecified atom stereocenters. The summed E-state index contributed by atoms with van der Waals surface area (Å²) in [7, 11) is 0. The minimum absolute atomic E-state index is 0.0246. The zero-order chi connectivity index (χ0) is 14.7. The molecule has 0 aromatic rings. The summed E-state index contributed by atoms with van der Waals surface area (Å²) in [6.45, 7) is 7.47. The van der Waals surface area contributed by atoms with E-state index in [0.717, 1.165) is 6.54 Å². The fourth-order valence-electron chi connectivity index (χ4n) is 2.77. The molecule has 2 atom stereocenters. The highest BCUT2D eigenvalue weighted by Crippen LogP contribution is 2.41. The lowest BCUT2D eigenvalue weighted by atomic mass is 9.66. The normalized spacial score (nSPS) is 28.6. The van der Waals surface area contributed by atoms with Crippen molar-refractivity contribution >= 4 is 5.97 Å². The summed E-state index contributed by atoms with van der Waals surface area (Å²) in [5, 5.41) is 12.7. The average molecular weight is 277 g/mol. The minimum atomic E-state index is -2.35. The highest BCUT2D eigenvalue weighted by molar-refractivity contribution is 5.75. The van der Waals surface area contributed by atoms with Crippen LogP contribution in [0.4, 0.5) is 8.78 Å². The fourth-order valence-corrected chi connectivity index (χ4v) is 2.77. The molecule has 0 saturated carbocycles. The molecule has 1 fully saturated rings. The van der Waals surface area contributed by atoms with Gasteiger partial charge in [-0.05, 0) is 37.1 Å². The van der Waals surface area contributed by atoms with Gasteiger partial charge in [0.05, 0.1) is 5.41 Å². The van der Waals surface area contributed by atoms with Crippen LogP contribution in [-0.2, 0) is 4.79 Å². The third-order valence-corrected chi connectivity index (χ3v) is 4.25. The molecular weight excluding hydrogens is 252 g/mol. The van der Waals surface area contributed by atoms with Gasteiger partial charge in [0.25, 0.3) is 0 Å². The molecule has 1 saturated heterocycles. The van der Waals surface area contributed by atoms with E-state index in [1.807, 2.05) is 0 Å². The number of halogens is 2. The quantitative estimate of drug-likeness (QED) is 0.811. The first-order valence-electron chi connectivity index (χ1n) is 6.90. The molecule has 1 aliphatic rings. The maximum absolute atomic E-state index is 12.2. The molecule has 1 aliphatic heterocycles. The van der Waals surface area contributed by atoms with E-state index in [1.165, 1.54) is 0 Å². The molecule has 19 heavy (non-hydrogen) atoms. The highest BCUT2D eigenvalue weighted by Gasteiger charge is 2.45. The topological polar surface area (TPSA) is 49.3 Å². The van der Waals surface area contributed by atoms with Crippen LogP contribution in [0.5, 0.6) is 0 Å². The van der Waals surface area contributed by atoms with E-state index in [9.17, 15) is 18.7 Å². The fraction of sp³-hybridized carbons (Fsp3) is 0.929. The summed E-state index contributed by atoms with van der Waals surface area (Å²) in [4.78, 5) is 11.6. The Labute approximate surface area is 113 Å². The number of hydrogen-bond acceptors (Lipinski definition) is 2. The van der Waals surface area contributed by atoms with Crippen molar-refractivity contribution in [1.29, 1.82) is 0 Å². The molecule has 0 radical (unpaired) electrons. The van der Waals surface area contributed by atoms with E-state index in [0.29, 0.717) is 19.4 Å². The molecule has 112 valence electrons. The third-order valence-electron chi connectivity index (χ3n) is 4.25. The van der Waals surface area contributed by atoms with Crippen LogP contribution in [0, 0.1) is 16.7 Å². The Morgan fingerprint density at radius 1 is 1.47 bits per heavy atom. The molecule has 1 rings (SSSR count). The highest BCUT2D eigenvalue weighted by atomic mass is 19.3. The standard InChI is InChI=1S/C14H25F2NO2/c1-13(2,3)10-7-14(12(18)19,9-17-8-10)6-4-5-11(15)16/h10-11,17H,4-9H2,1-3H3,(H,18,19)/t10-,14-/m1/s1. The summed E-state index contributed by atoms with van der Waals surface area (Å²) in [6.07, 6.45) is -1.40. The molecule has 3 nitrogen and oxygen atoms in total. The van der Waals surface area contributed by atoms with Gasteiger partial charge >= 0.3 is 5.97 Å². The second-order valence-corrected chi connectivity index (χ2v) is 6.77. The van der Waals surface area contributed by atoms with Gasteiger partial charge in [0.15, 0.2) is 0 Å². The molecule has 2 N–H and O–H groups in total. The lowest BCUT2D eigenvalue weighted by Gasteiger charge is -2.43. The SMILES string of the molecule is CC(C)(C)[C@H]1CNC[C@](CCCC(F)F)(C(=O)O)C1. The van der Waals surface area contributed by atoms with E-state index >= 15 is 0 Å². The first-order valence-corrected chi connectivity index (χ1v) is 6.90. The Morgan fingerprint density at radius 3 is 2.58 bits per heavy atom. The summed E-state index contributed by atoms with van der Waals surface area (Å²) in [5.41, 5.74) is -0.859. The van der Waals surface area contributed by atoms with Gasteiger partial charge in [-0.3, -0.25) is 4.79 Å². The maximum Gasteiger partial charge on any atom is 0.310 e. The Bertz CT molecular complexity index is 315. The van der Waals surface area contributed by atoms with Crippen molar-refractivity contribution in [2.75, 3.05) is 13.1 Å². The van der Waals surface area contributed by atoms with E-state index in [-0.39, 0.29) is 24.2 Å². The van der Waals surface area contributed by atoms with Gasteiger partial charge in [0.2, 0.25) is 6.43 Å². The zero-order valence-corrected chi connectivity index (χ0v) is 12.0. The Hall–Kier alpha value is -0.710. The Balaban J connectivity index is 2.73. The average Bonchev–Trinajstić information content (AvgIpc) is 2.27. The maximum atomic E-state index is 12.2. The van der Waals surface area contributed by atoms with E-state index in [1.54, 1.807) is 0 Å². The number of rotatable bonds is 5. The van der Waals surface area contributed by atoms with Crippen LogP contribution in [0.25, 0.3) is 0 Å². The van der Waals surface area contributed by atoms with Crippen LogP contribution >= 0.6 is 0 Å². The first kappa shape index (κ1) is 16.3. The van der Waals surface area contributed by atoms with Gasteiger partial charge in [-0.25, -0.2) is 8.78 Å². The largest absolute Gasteiger partial charge is 0.481 e. The number of carboxylic acid groups (broad SMARTS) is 1. The Kier molecular flexibility index (Phi) is 5.30. The predicted octanol–water partition coefficient (Wildman–Crippen LogP) is 3.15. The number of alkyl halides is 2. The molecule has 0 aromatic heterocycles. The number of piperidine rings is 1. The van der Waals surface area contributed by atoms with Gasteiger partial charge in [-0.15, -0.1) is 0 Å². The van der Waals surface area contributed by atoms with Crippen LogP contribution in [0.3, 0.4) is 0 Å². The van der Waals surface area contributed by atoms with Crippen LogP contribution in [0.1, 0.15) is 46.5 Å². The summed E-state index contributed by atoms with van der Waals surface area (Å²) >= 11 is 0. The van der Waals surface area contributed by atoms with E-state index in [4.69, 9.17) is 0 Å². The Morgan fingerprint density at radius 2 is 2.11 bits per heavy atom.